The van der Waals surface area contributed by atoms with Crippen LogP contribution in [0.1, 0.15) is 43.9 Å². The maximum absolute atomic E-state index is 13.5. The smallest absolute Gasteiger partial charge is 0.288 e. The third-order valence-electron chi connectivity index (χ3n) is 6.33. The lowest BCUT2D eigenvalue weighted by Crippen LogP contribution is -2.33. The molecule has 3 aromatic carbocycles. The predicted molar refractivity (Wildman–Crippen MR) is 128 cm³/mol. The van der Waals surface area contributed by atoms with Gasteiger partial charge in [0.2, 0.25) is 0 Å². The maximum Gasteiger partial charge on any atom is 0.288 e. The highest BCUT2D eigenvalue weighted by atomic mass is 35.5. The van der Waals surface area contributed by atoms with Gasteiger partial charge in [0.05, 0.1) is 11.0 Å². The molecule has 7 heteroatoms. The van der Waals surface area contributed by atoms with Crippen LogP contribution < -0.4 is 5.32 Å². The van der Waals surface area contributed by atoms with Crippen LogP contribution in [0, 0.1) is 15.5 Å². The second kappa shape index (κ2) is 7.32. The Morgan fingerprint density at radius 1 is 1.06 bits per heavy atom. The fourth-order valence-corrected chi connectivity index (χ4v) is 5.68. The Bertz CT molecular complexity index is 1360. The second-order valence-electron chi connectivity index (χ2n) is 9.17. The van der Waals surface area contributed by atoms with Crippen LogP contribution >= 0.6 is 23.2 Å². The van der Waals surface area contributed by atoms with E-state index in [-0.39, 0.29) is 26.9 Å². The molecule has 0 fully saturated rings. The maximum atomic E-state index is 13.5. The van der Waals surface area contributed by atoms with Gasteiger partial charge in [-0.15, -0.1) is 0 Å². The molecule has 1 aliphatic heterocycles. The number of fused-ring (bicyclic) bond motifs is 4. The molecule has 1 heterocycles. The Kier molecular flexibility index (Phi) is 4.80. The molecule has 0 saturated carbocycles. The number of benzene rings is 3. The van der Waals surface area contributed by atoms with Crippen LogP contribution in [-0.4, -0.2) is 10.7 Å². The Morgan fingerprint density at radius 3 is 2.56 bits per heavy atom. The lowest BCUT2D eigenvalue weighted by Gasteiger charge is -2.40. The Labute approximate surface area is 195 Å². The zero-order chi connectivity index (χ0) is 22.8. The van der Waals surface area contributed by atoms with E-state index in [1.54, 1.807) is 0 Å². The standard InChI is InChI=1S/C25H20Cl2N2O3/c1-25(2)11-15-20-14-6-4-3-5-13(14)7-9-17(20)28-24(21(15)19(30)12-25)22-16(26)8-10-18(23(22)27)29(31)32/h3-10,24,28H,11-12H2,1-2H3/t24-/m1/s1. The Hall–Kier alpha value is -2.89. The summed E-state index contributed by atoms with van der Waals surface area (Å²) in [7, 11) is 0. The monoisotopic (exact) mass is 466 g/mol. The molecule has 5 nitrogen and oxygen atoms in total. The first kappa shape index (κ1) is 21.0. The number of carbonyl (C=O) groups is 1. The molecule has 1 atom stereocenters. The number of anilines is 1. The van der Waals surface area contributed by atoms with E-state index in [4.69, 9.17) is 23.2 Å². The van der Waals surface area contributed by atoms with E-state index in [9.17, 15) is 14.9 Å². The number of ketones is 1. The summed E-state index contributed by atoms with van der Waals surface area (Å²) in [6, 6.07) is 14.2. The molecule has 0 unspecified atom stereocenters. The van der Waals surface area contributed by atoms with Gasteiger partial charge < -0.3 is 5.32 Å². The number of carbonyl (C=O) groups excluding carboxylic acids is 1. The molecule has 3 aromatic rings. The predicted octanol–water partition coefficient (Wildman–Crippen LogP) is 7.36. The van der Waals surface area contributed by atoms with Crippen LogP contribution in [0.15, 0.2) is 54.1 Å². The molecule has 5 rings (SSSR count). The minimum atomic E-state index is -0.665. The number of nitrogens with one attached hydrogen (secondary N) is 1. The van der Waals surface area contributed by atoms with Gasteiger partial charge in [-0.05, 0) is 40.3 Å². The molecule has 1 aliphatic carbocycles. The third-order valence-corrected chi connectivity index (χ3v) is 7.06. The summed E-state index contributed by atoms with van der Waals surface area (Å²) in [5.74, 6) is 0.00553. The summed E-state index contributed by atoms with van der Waals surface area (Å²) in [6.07, 6.45) is 1.09. The van der Waals surface area contributed by atoms with Crippen molar-refractivity contribution in [1.29, 1.82) is 0 Å². The summed E-state index contributed by atoms with van der Waals surface area (Å²) in [6.45, 7) is 4.17. The van der Waals surface area contributed by atoms with Crippen molar-refractivity contribution in [3.05, 3.63) is 85.4 Å². The molecule has 0 amide bonds. The van der Waals surface area contributed by atoms with Gasteiger partial charge in [-0.3, -0.25) is 14.9 Å². The number of rotatable bonds is 2. The number of hydrogen-bond donors (Lipinski definition) is 1. The van der Waals surface area contributed by atoms with Crippen molar-refractivity contribution in [2.75, 3.05) is 5.32 Å². The van der Waals surface area contributed by atoms with Crippen molar-refractivity contribution in [2.45, 2.75) is 32.7 Å². The van der Waals surface area contributed by atoms with Crippen LogP contribution in [-0.2, 0) is 4.79 Å². The van der Waals surface area contributed by atoms with Crippen LogP contribution in [0.4, 0.5) is 11.4 Å². The molecule has 32 heavy (non-hydrogen) atoms. The highest BCUT2D eigenvalue weighted by Gasteiger charge is 2.42. The van der Waals surface area contributed by atoms with Gasteiger partial charge in [0.1, 0.15) is 5.02 Å². The van der Waals surface area contributed by atoms with Gasteiger partial charge >= 0.3 is 0 Å². The van der Waals surface area contributed by atoms with Crippen molar-refractivity contribution in [3.8, 4) is 0 Å². The summed E-state index contributed by atoms with van der Waals surface area (Å²) in [5.41, 5.74) is 3.34. The second-order valence-corrected chi connectivity index (χ2v) is 9.96. The fourth-order valence-electron chi connectivity index (χ4n) is 5.02. The van der Waals surface area contributed by atoms with Gasteiger partial charge in [-0.25, -0.2) is 0 Å². The number of allylic oxidation sites excluding steroid dienone is 1. The highest BCUT2D eigenvalue weighted by Crippen LogP contribution is 2.54. The average Bonchev–Trinajstić information content (AvgIpc) is 2.72. The van der Waals surface area contributed by atoms with Crippen LogP contribution in [0.3, 0.4) is 0 Å². The molecular formula is C25H20Cl2N2O3. The molecule has 1 N–H and O–H groups in total. The van der Waals surface area contributed by atoms with Crippen LogP contribution in [0.5, 0.6) is 0 Å². The van der Waals surface area contributed by atoms with E-state index >= 15 is 0 Å². The van der Waals surface area contributed by atoms with Gasteiger partial charge in [0.25, 0.3) is 5.69 Å². The molecule has 0 spiro atoms. The lowest BCUT2D eigenvalue weighted by molar-refractivity contribution is -0.384. The first-order valence-corrected chi connectivity index (χ1v) is 11.1. The van der Waals surface area contributed by atoms with Gasteiger partial charge in [0.15, 0.2) is 5.78 Å². The minimum Gasteiger partial charge on any atom is -0.373 e. The van der Waals surface area contributed by atoms with E-state index in [2.05, 4.69) is 25.2 Å². The highest BCUT2D eigenvalue weighted by molar-refractivity contribution is 6.37. The van der Waals surface area contributed by atoms with Crippen molar-refractivity contribution in [3.63, 3.8) is 0 Å². The summed E-state index contributed by atoms with van der Waals surface area (Å²) < 4.78 is 0. The number of hydrogen-bond acceptors (Lipinski definition) is 4. The molecule has 162 valence electrons. The van der Waals surface area contributed by atoms with Gasteiger partial charge in [-0.2, -0.15) is 0 Å². The normalized spacial score (nSPS) is 19.4. The number of Topliss-reactive ketones (excluding diaryl/α,β-unsaturated/α-hetero) is 1. The summed E-state index contributed by atoms with van der Waals surface area (Å²) in [4.78, 5) is 24.5. The van der Waals surface area contributed by atoms with E-state index in [0.29, 0.717) is 24.0 Å². The zero-order valence-corrected chi connectivity index (χ0v) is 19.1. The van der Waals surface area contributed by atoms with E-state index in [0.717, 1.165) is 27.6 Å². The molecule has 0 radical (unpaired) electrons. The number of halogens is 2. The van der Waals surface area contributed by atoms with Crippen LogP contribution in [0.2, 0.25) is 10.0 Å². The number of nitro groups is 1. The third kappa shape index (κ3) is 3.19. The minimum absolute atomic E-state index is 0.00553. The van der Waals surface area contributed by atoms with E-state index in [1.165, 1.54) is 12.1 Å². The Morgan fingerprint density at radius 2 is 1.81 bits per heavy atom. The summed E-state index contributed by atoms with van der Waals surface area (Å²) in [5, 5.41) is 17.3. The van der Waals surface area contributed by atoms with E-state index in [1.807, 2.05) is 30.3 Å². The number of nitrogens with zero attached hydrogens (tertiary/aromatic N) is 1. The van der Waals surface area contributed by atoms with E-state index < -0.39 is 11.0 Å². The van der Waals surface area contributed by atoms with Gasteiger partial charge in [-0.1, -0.05) is 67.4 Å². The van der Waals surface area contributed by atoms with Crippen molar-refractivity contribution in [2.24, 2.45) is 5.41 Å². The first-order valence-electron chi connectivity index (χ1n) is 10.3. The molecule has 0 saturated heterocycles. The fraction of sp³-hybridized carbons (Fsp3) is 0.240. The topological polar surface area (TPSA) is 72.2 Å². The first-order chi connectivity index (χ1) is 15.2. The zero-order valence-electron chi connectivity index (χ0n) is 17.5. The average molecular weight is 467 g/mol. The number of nitro benzene ring substituents is 1. The molecule has 2 aliphatic rings. The van der Waals surface area contributed by atoms with Crippen LogP contribution in [0.25, 0.3) is 16.3 Å². The Balaban J connectivity index is 1.83. The van der Waals surface area contributed by atoms with Crippen molar-refractivity contribution in [1.82, 2.24) is 0 Å². The van der Waals surface area contributed by atoms with Crippen molar-refractivity contribution >= 4 is 56.7 Å². The molecule has 0 aromatic heterocycles. The quantitative estimate of drug-likeness (QED) is 0.316. The SMILES string of the molecule is CC1(C)CC(=O)C2=C(C1)c1c(ccc3ccccc13)N[C@H]2c1c(Cl)ccc([N+](=O)[O-])c1Cl. The largest absolute Gasteiger partial charge is 0.373 e. The molecule has 0 bridgehead atoms. The van der Waals surface area contributed by atoms with Gasteiger partial charge in [0, 0.05) is 39.9 Å². The van der Waals surface area contributed by atoms with Crippen molar-refractivity contribution < 1.29 is 9.72 Å². The summed E-state index contributed by atoms with van der Waals surface area (Å²) >= 11 is 13.0. The lowest BCUT2D eigenvalue weighted by atomic mass is 9.68. The molecular weight excluding hydrogens is 447 g/mol.